The number of carbonyl (C=O) groups excluding carboxylic acids is 3. The average molecular weight is 422 g/mol. The average Bonchev–Trinajstić information content (AvgIpc) is 3.07. The Morgan fingerprint density at radius 1 is 1.34 bits per heavy atom. The zero-order valence-electron chi connectivity index (χ0n) is 16.4. The van der Waals surface area contributed by atoms with E-state index in [0.29, 0.717) is 41.3 Å². The molecule has 3 rings (SSSR count). The van der Waals surface area contributed by atoms with E-state index in [1.165, 1.54) is 7.11 Å². The van der Waals surface area contributed by atoms with Crippen LogP contribution in [0, 0.1) is 5.92 Å². The van der Waals surface area contributed by atoms with Crippen molar-refractivity contribution in [3.8, 4) is 0 Å². The smallest absolute Gasteiger partial charge is 0.356 e. The highest BCUT2D eigenvalue weighted by Crippen LogP contribution is 2.34. The van der Waals surface area contributed by atoms with E-state index in [9.17, 15) is 14.4 Å². The van der Waals surface area contributed by atoms with E-state index in [1.807, 2.05) is 4.90 Å². The number of benzene rings is 1. The summed E-state index contributed by atoms with van der Waals surface area (Å²) in [6.07, 6.45) is 1.56. The second kappa shape index (κ2) is 9.28. The van der Waals surface area contributed by atoms with E-state index in [4.69, 9.17) is 21.1 Å². The number of halogens is 1. The summed E-state index contributed by atoms with van der Waals surface area (Å²) >= 11 is 6.30. The molecule has 2 aromatic rings. The molecule has 1 aliphatic rings. The van der Waals surface area contributed by atoms with Gasteiger partial charge in [-0.15, -0.1) is 0 Å². The molecule has 0 bridgehead atoms. The number of likely N-dealkylation sites (tertiary alicyclic amines) is 1. The Morgan fingerprint density at radius 3 is 2.86 bits per heavy atom. The van der Waals surface area contributed by atoms with Crippen LogP contribution >= 0.6 is 11.6 Å². The monoisotopic (exact) mass is 421 g/mol. The van der Waals surface area contributed by atoms with Gasteiger partial charge in [-0.2, -0.15) is 0 Å². The molecule has 1 unspecified atom stereocenters. The van der Waals surface area contributed by atoms with Crippen molar-refractivity contribution < 1.29 is 23.9 Å². The Labute approximate surface area is 173 Å². The molecule has 9 heteroatoms. The molecule has 1 atom stereocenters. The van der Waals surface area contributed by atoms with Crippen LogP contribution in [0.5, 0.6) is 0 Å². The van der Waals surface area contributed by atoms with E-state index >= 15 is 0 Å². The third kappa shape index (κ3) is 4.71. The van der Waals surface area contributed by atoms with Crippen molar-refractivity contribution in [3.05, 3.63) is 28.9 Å². The van der Waals surface area contributed by atoms with Gasteiger partial charge in [0.25, 0.3) is 0 Å². The number of methoxy groups -OCH3 is 1. The molecule has 0 radical (unpaired) electrons. The Balaban J connectivity index is 1.76. The molecular formula is C20H24ClN3O5. The van der Waals surface area contributed by atoms with Crippen molar-refractivity contribution in [2.75, 3.05) is 38.7 Å². The molecular weight excluding hydrogens is 398 g/mol. The van der Waals surface area contributed by atoms with Crippen LogP contribution < -0.4 is 5.32 Å². The topological polar surface area (TPSA) is 101 Å². The lowest BCUT2D eigenvalue weighted by Gasteiger charge is -2.30. The van der Waals surface area contributed by atoms with Gasteiger partial charge >= 0.3 is 11.9 Å². The molecule has 2 N–H and O–H groups in total. The normalized spacial score (nSPS) is 17.1. The first-order valence-electron chi connectivity index (χ1n) is 9.52. The van der Waals surface area contributed by atoms with Gasteiger partial charge in [0.1, 0.15) is 5.69 Å². The molecule has 0 aliphatic carbocycles. The number of aromatic nitrogens is 1. The lowest BCUT2D eigenvalue weighted by atomic mass is 9.98. The first-order valence-corrected chi connectivity index (χ1v) is 9.89. The van der Waals surface area contributed by atoms with Gasteiger partial charge in [-0.05, 0) is 38.4 Å². The number of hydrogen-bond acceptors (Lipinski definition) is 6. The molecule has 8 nitrogen and oxygen atoms in total. The molecule has 1 fully saturated rings. The number of anilines is 1. The molecule has 2 heterocycles. The Morgan fingerprint density at radius 2 is 2.14 bits per heavy atom. The predicted octanol–water partition coefficient (Wildman–Crippen LogP) is 2.82. The Bertz CT molecular complexity index is 926. The number of carbonyl (C=O) groups is 3. The van der Waals surface area contributed by atoms with Crippen molar-refractivity contribution in [2.24, 2.45) is 5.92 Å². The number of nitrogens with one attached hydrogen (secondary N) is 2. The highest BCUT2D eigenvalue weighted by molar-refractivity contribution is 6.37. The number of hydrogen-bond donors (Lipinski definition) is 2. The van der Waals surface area contributed by atoms with Crippen molar-refractivity contribution in [3.63, 3.8) is 0 Å². The minimum Gasteiger partial charge on any atom is -0.466 e. The van der Waals surface area contributed by atoms with Gasteiger partial charge in [0, 0.05) is 17.4 Å². The number of aromatic amines is 1. The Kier molecular flexibility index (Phi) is 6.76. The summed E-state index contributed by atoms with van der Waals surface area (Å²) in [7, 11) is 1.27. The number of ether oxygens (including phenoxy) is 2. The van der Waals surface area contributed by atoms with Gasteiger partial charge in [-0.1, -0.05) is 17.7 Å². The number of nitrogens with zero attached hydrogens (tertiary/aromatic N) is 1. The molecule has 1 aromatic heterocycles. The summed E-state index contributed by atoms with van der Waals surface area (Å²) in [4.78, 5) is 41.7. The summed E-state index contributed by atoms with van der Waals surface area (Å²) in [5.74, 6) is -1.37. The Hall–Kier alpha value is -2.58. The molecule has 0 saturated carbocycles. The van der Waals surface area contributed by atoms with Crippen LogP contribution in [0.15, 0.2) is 18.2 Å². The minimum absolute atomic E-state index is 0.0909. The first-order chi connectivity index (χ1) is 13.9. The van der Waals surface area contributed by atoms with Crippen LogP contribution in [-0.2, 0) is 19.1 Å². The summed E-state index contributed by atoms with van der Waals surface area (Å²) in [5.41, 5.74) is 1.04. The summed E-state index contributed by atoms with van der Waals surface area (Å²) in [6, 6.07) is 5.19. The fourth-order valence-corrected chi connectivity index (χ4v) is 3.89. The van der Waals surface area contributed by atoms with Crippen LogP contribution in [0.2, 0.25) is 5.02 Å². The molecule has 0 spiro atoms. The largest absolute Gasteiger partial charge is 0.466 e. The van der Waals surface area contributed by atoms with Crippen LogP contribution in [0.25, 0.3) is 10.9 Å². The molecule has 1 aromatic carbocycles. The number of H-pyrrole nitrogens is 1. The van der Waals surface area contributed by atoms with Gasteiger partial charge in [0.05, 0.1) is 36.9 Å². The highest BCUT2D eigenvalue weighted by atomic mass is 35.5. The number of fused-ring (bicyclic) bond motifs is 1. The fourth-order valence-electron chi connectivity index (χ4n) is 3.62. The van der Waals surface area contributed by atoms with Gasteiger partial charge in [-0.3, -0.25) is 14.5 Å². The predicted molar refractivity (Wildman–Crippen MR) is 109 cm³/mol. The fraction of sp³-hybridized carbons (Fsp3) is 0.450. The second-order valence-corrected chi connectivity index (χ2v) is 7.31. The number of piperidine rings is 1. The minimum atomic E-state index is -0.604. The number of amides is 1. The standard InChI is InChI=1S/C20H24ClN3O5/c1-3-29-19(26)12-6-5-9-24(10-12)11-15(25)23-17-16-13(21)7-4-8-14(16)22-18(17)20(27)28-2/h4,7-8,12,22H,3,5-6,9-11H2,1-2H3,(H,23,25). The third-order valence-electron chi connectivity index (χ3n) is 4.92. The van der Waals surface area contributed by atoms with Gasteiger partial charge < -0.3 is 19.8 Å². The quantitative estimate of drug-likeness (QED) is 0.695. The number of rotatable bonds is 6. The third-order valence-corrected chi connectivity index (χ3v) is 5.23. The highest BCUT2D eigenvalue weighted by Gasteiger charge is 2.28. The maximum Gasteiger partial charge on any atom is 0.356 e. The zero-order valence-corrected chi connectivity index (χ0v) is 17.2. The van der Waals surface area contributed by atoms with E-state index in [2.05, 4.69) is 10.3 Å². The zero-order chi connectivity index (χ0) is 21.0. The maximum atomic E-state index is 12.7. The van der Waals surface area contributed by atoms with E-state index in [0.717, 1.165) is 12.8 Å². The van der Waals surface area contributed by atoms with Crippen molar-refractivity contribution in [2.45, 2.75) is 19.8 Å². The van der Waals surface area contributed by atoms with Crippen LogP contribution in [0.3, 0.4) is 0 Å². The van der Waals surface area contributed by atoms with Crippen LogP contribution in [-0.4, -0.2) is 61.1 Å². The van der Waals surface area contributed by atoms with Crippen LogP contribution in [0.1, 0.15) is 30.3 Å². The number of esters is 2. The van der Waals surface area contributed by atoms with Crippen LogP contribution in [0.4, 0.5) is 5.69 Å². The summed E-state index contributed by atoms with van der Waals surface area (Å²) in [5, 5.41) is 3.75. The lowest BCUT2D eigenvalue weighted by molar-refractivity contribution is -0.150. The molecule has 1 amide bonds. The summed E-state index contributed by atoms with van der Waals surface area (Å²) < 4.78 is 9.91. The maximum absolute atomic E-state index is 12.7. The van der Waals surface area contributed by atoms with Crippen molar-refractivity contribution in [1.29, 1.82) is 0 Å². The van der Waals surface area contributed by atoms with Gasteiger partial charge in [0.15, 0.2) is 0 Å². The van der Waals surface area contributed by atoms with E-state index < -0.39 is 5.97 Å². The molecule has 29 heavy (non-hydrogen) atoms. The lowest BCUT2D eigenvalue weighted by Crippen LogP contribution is -2.43. The van der Waals surface area contributed by atoms with Crippen molar-refractivity contribution >= 4 is 46.0 Å². The molecule has 156 valence electrons. The SMILES string of the molecule is CCOC(=O)C1CCCN(CC(=O)Nc2c(C(=O)OC)[nH]c3cccc(Cl)c23)C1. The first kappa shape index (κ1) is 21.1. The second-order valence-electron chi connectivity index (χ2n) is 6.90. The van der Waals surface area contributed by atoms with E-state index in [-0.39, 0.29) is 30.0 Å². The summed E-state index contributed by atoms with van der Waals surface area (Å²) in [6.45, 7) is 3.38. The van der Waals surface area contributed by atoms with E-state index in [1.54, 1.807) is 25.1 Å². The molecule has 1 saturated heterocycles. The van der Waals surface area contributed by atoms with Gasteiger partial charge in [0.2, 0.25) is 5.91 Å². The van der Waals surface area contributed by atoms with Gasteiger partial charge in [-0.25, -0.2) is 4.79 Å². The van der Waals surface area contributed by atoms with Crippen molar-refractivity contribution in [1.82, 2.24) is 9.88 Å². The molecule has 1 aliphatic heterocycles.